The third-order valence-electron chi connectivity index (χ3n) is 5.20. The number of aromatic nitrogens is 2. The van der Waals surface area contributed by atoms with Crippen molar-refractivity contribution in [3.8, 4) is 0 Å². The van der Waals surface area contributed by atoms with E-state index in [2.05, 4.69) is 21.4 Å². The molecule has 25 heavy (non-hydrogen) atoms. The van der Waals surface area contributed by atoms with Gasteiger partial charge in [-0.3, -0.25) is 4.79 Å². The summed E-state index contributed by atoms with van der Waals surface area (Å²) in [6.45, 7) is 10.1. The molecule has 2 fully saturated rings. The van der Waals surface area contributed by atoms with E-state index in [4.69, 9.17) is 4.74 Å². The number of nitrogens with zero attached hydrogens (tertiary/aromatic N) is 3. The molecule has 0 bridgehead atoms. The number of ether oxygens (including phenoxy) is 1. The molecule has 0 saturated carbocycles. The Kier molecular flexibility index (Phi) is 5.89. The fraction of sp³-hybridized carbons (Fsp3) is 0.737. The molecule has 1 N–H and O–H groups in total. The lowest BCUT2D eigenvalue weighted by molar-refractivity contribution is -0.135. The van der Waals surface area contributed by atoms with Crippen LogP contribution in [0.2, 0.25) is 0 Å². The second-order valence-electron chi connectivity index (χ2n) is 7.59. The first-order valence-electron chi connectivity index (χ1n) is 9.49. The smallest absolute Gasteiger partial charge is 0.225 e. The first-order valence-corrected chi connectivity index (χ1v) is 9.49. The average Bonchev–Trinajstić information content (AvgIpc) is 3.14. The van der Waals surface area contributed by atoms with Crippen LogP contribution in [0.3, 0.4) is 0 Å². The number of hydrogen-bond acceptors (Lipinski definition) is 5. The first-order chi connectivity index (χ1) is 12.0. The number of likely N-dealkylation sites (tertiary alicyclic amines) is 1. The van der Waals surface area contributed by atoms with Crippen LogP contribution in [0.4, 0.5) is 5.82 Å². The maximum absolute atomic E-state index is 12.1. The average molecular weight is 346 g/mol. The molecule has 1 aromatic heterocycles. The van der Waals surface area contributed by atoms with E-state index in [1.807, 2.05) is 25.7 Å². The summed E-state index contributed by atoms with van der Waals surface area (Å²) in [6, 6.07) is 2.07. The molecular formula is C19H30N4O2. The zero-order valence-electron chi connectivity index (χ0n) is 15.6. The maximum Gasteiger partial charge on any atom is 0.225 e. The van der Waals surface area contributed by atoms with Crippen molar-refractivity contribution in [2.45, 2.75) is 46.0 Å². The second-order valence-corrected chi connectivity index (χ2v) is 7.59. The van der Waals surface area contributed by atoms with Crippen LogP contribution < -0.4 is 5.32 Å². The molecule has 0 aromatic carbocycles. The lowest BCUT2D eigenvalue weighted by Crippen LogP contribution is -2.41. The normalized spacial score (nSPS) is 21.8. The summed E-state index contributed by atoms with van der Waals surface area (Å²) >= 11 is 0. The molecule has 0 aliphatic carbocycles. The minimum absolute atomic E-state index is 0.0941. The van der Waals surface area contributed by atoms with Crippen LogP contribution in [0.5, 0.6) is 0 Å². The molecule has 6 heteroatoms. The third kappa shape index (κ3) is 4.69. The van der Waals surface area contributed by atoms with Crippen LogP contribution in [0.1, 0.15) is 50.5 Å². The van der Waals surface area contributed by atoms with Gasteiger partial charge in [0.1, 0.15) is 11.6 Å². The van der Waals surface area contributed by atoms with Gasteiger partial charge in [-0.2, -0.15) is 0 Å². The van der Waals surface area contributed by atoms with E-state index in [-0.39, 0.29) is 11.8 Å². The van der Waals surface area contributed by atoms with Crippen molar-refractivity contribution < 1.29 is 9.53 Å². The van der Waals surface area contributed by atoms with Gasteiger partial charge in [0.15, 0.2) is 0 Å². The topological polar surface area (TPSA) is 67.4 Å². The van der Waals surface area contributed by atoms with Gasteiger partial charge in [0.25, 0.3) is 0 Å². The number of anilines is 1. The quantitative estimate of drug-likeness (QED) is 0.888. The third-order valence-corrected chi connectivity index (χ3v) is 5.20. The number of hydrogen-bond donors (Lipinski definition) is 1. The Morgan fingerprint density at radius 2 is 2.08 bits per heavy atom. The Labute approximate surface area is 150 Å². The zero-order valence-corrected chi connectivity index (χ0v) is 15.6. The largest absolute Gasteiger partial charge is 0.381 e. The van der Waals surface area contributed by atoms with Crippen molar-refractivity contribution in [2.75, 3.05) is 38.2 Å². The summed E-state index contributed by atoms with van der Waals surface area (Å²) in [5.74, 6) is 3.08. The molecular weight excluding hydrogens is 316 g/mol. The van der Waals surface area contributed by atoms with Gasteiger partial charge in [-0.25, -0.2) is 9.97 Å². The van der Waals surface area contributed by atoms with Crippen molar-refractivity contribution >= 4 is 11.7 Å². The summed E-state index contributed by atoms with van der Waals surface area (Å²) in [4.78, 5) is 23.2. The Morgan fingerprint density at radius 3 is 2.72 bits per heavy atom. The van der Waals surface area contributed by atoms with E-state index in [0.717, 1.165) is 69.4 Å². The van der Waals surface area contributed by atoms with Crippen LogP contribution in [0.25, 0.3) is 0 Å². The number of carbonyl (C=O) groups excluding carboxylic acids is 1. The van der Waals surface area contributed by atoms with E-state index >= 15 is 0 Å². The van der Waals surface area contributed by atoms with Gasteiger partial charge in [0.2, 0.25) is 5.91 Å². The molecule has 2 aliphatic rings. The second kappa shape index (κ2) is 8.13. The van der Waals surface area contributed by atoms with Crippen molar-refractivity contribution in [3.63, 3.8) is 0 Å². The zero-order chi connectivity index (χ0) is 17.8. The Balaban J connectivity index is 1.51. The van der Waals surface area contributed by atoms with E-state index in [1.54, 1.807) is 0 Å². The molecule has 0 radical (unpaired) electrons. The van der Waals surface area contributed by atoms with Crippen LogP contribution in [-0.2, 0) is 9.53 Å². The van der Waals surface area contributed by atoms with E-state index < -0.39 is 0 Å². The van der Waals surface area contributed by atoms with Gasteiger partial charge in [0.05, 0.1) is 12.3 Å². The summed E-state index contributed by atoms with van der Waals surface area (Å²) in [5, 5.41) is 3.49. The fourth-order valence-corrected chi connectivity index (χ4v) is 3.63. The fourth-order valence-electron chi connectivity index (χ4n) is 3.63. The van der Waals surface area contributed by atoms with Crippen molar-refractivity contribution in [1.82, 2.24) is 14.9 Å². The molecule has 0 spiro atoms. The predicted molar refractivity (Wildman–Crippen MR) is 97.6 cm³/mol. The lowest BCUT2D eigenvalue weighted by atomic mass is 9.96. The molecule has 1 aromatic rings. The Morgan fingerprint density at radius 1 is 1.32 bits per heavy atom. The summed E-state index contributed by atoms with van der Waals surface area (Å²) in [6.07, 6.45) is 3.15. The minimum Gasteiger partial charge on any atom is -0.381 e. The minimum atomic E-state index is 0.0941. The summed E-state index contributed by atoms with van der Waals surface area (Å²) in [7, 11) is 0. The van der Waals surface area contributed by atoms with E-state index in [0.29, 0.717) is 11.8 Å². The number of rotatable bonds is 5. The Hall–Kier alpha value is -1.69. The monoisotopic (exact) mass is 346 g/mol. The molecule has 6 nitrogen and oxygen atoms in total. The van der Waals surface area contributed by atoms with Gasteiger partial charge < -0.3 is 15.0 Å². The van der Waals surface area contributed by atoms with E-state index in [1.165, 1.54) is 0 Å². The highest BCUT2D eigenvalue weighted by Crippen LogP contribution is 2.25. The summed E-state index contributed by atoms with van der Waals surface area (Å²) in [5.41, 5.74) is 1.09. The number of nitrogens with one attached hydrogen (secondary N) is 1. The standard InChI is InChI=1S/C19H30N4O2/c1-13(2)19(24)23-7-4-15(5-8-23)11-20-18-10-17(21-14(3)22-18)16-6-9-25-12-16/h10,13,15-16H,4-9,11-12H2,1-3H3,(H,20,21,22)/t16-/m0/s1. The number of carbonyl (C=O) groups is 1. The lowest BCUT2D eigenvalue weighted by Gasteiger charge is -2.33. The highest BCUT2D eigenvalue weighted by Gasteiger charge is 2.24. The summed E-state index contributed by atoms with van der Waals surface area (Å²) < 4.78 is 5.48. The predicted octanol–water partition coefficient (Wildman–Crippen LogP) is 2.60. The molecule has 1 amide bonds. The molecule has 3 rings (SSSR count). The molecule has 0 unspecified atom stereocenters. The molecule has 2 aliphatic heterocycles. The highest BCUT2D eigenvalue weighted by atomic mass is 16.5. The molecule has 2 saturated heterocycles. The van der Waals surface area contributed by atoms with Gasteiger partial charge in [-0.1, -0.05) is 13.8 Å². The van der Waals surface area contributed by atoms with Crippen molar-refractivity contribution in [2.24, 2.45) is 11.8 Å². The molecule has 138 valence electrons. The van der Waals surface area contributed by atoms with Crippen molar-refractivity contribution in [3.05, 3.63) is 17.6 Å². The van der Waals surface area contributed by atoms with Gasteiger partial charge in [0, 0.05) is 44.1 Å². The van der Waals surface area contributed by atoms with Crippen molar-refractivity contribution in [1.29, 1.82) is 0 Å². The van der Waals surface area contributed by atoms with Crippen LogP contribution in [0.15, 0.2) is 6.07 Å². The highest BCUT2D eigenvalue weighted by molar-refractivity contribution is 5.78. The van der Waals surface area contributed by atoms with Gasteiger partial charge in [-0.15, -0.1) is 0 Å². The number of amides is 1. The SMILES string of the molecule is Cc1nc(NCC2CCN(C(=O)C(C)C)CC2)cc([C@H]2CCOC2)n1. The molecule has 1 atom stereocenters. The maximum atomic E-state index is 12.1. The van der Waals surface area contributed by atoms with E-state index in [9.17, 15) is 4.79 Å². The van der Waals surface area contributed by atoms with Crippen LogP contribution in [0, 0.1) is 18.8 Å². The van der Waals surface area contributed by atoms with Crippen LogP contribution >= 0.6 is 0 Å². The number of piperidine rings is 1. The van der Waals surface area contributed by atoms with Crippen LogP contribution in [-0.4, -0.2) is 53.6 Å². The Bertz CT molecular complexity index is 591. The first kappa shape index (κ1) is 18.1. The number of aryl methyl sites for hydroxylation is 1. The van der Waals surface area contributed by atoms with Gasteiger partial charge in [-0.05, 0) is 32.1 Å². The van der Waals surface area contributed by atoms with Gasteiger partial charge >= 0.3 is 0 Å². The molecule has 3 heterocycles.